The number of hydrogen-bond donors (Lipinski definition) is 0. The van der Waals surface area contributed by atoms with Crippen molar-refractivity contribution in [2.75, 3.05) is 7.11 Å². The Hall–Kier alpha value is -1.38. The van der Waals surface area contributed by atoms with Gasteiger partial charge < -0.3 is 4.74 Å². The summed E-state index contributed by atoms with van der Waals surface area (Å²) in [6.07, 6.45) is 2.59. The highest BCUT2D eigenvalue weighted by Gasteiger charge is 2.16. The lowest BCUT2D eigenvalue weighted by Crippen LogP contribution is -2.09. The van der Waals surface area contributed by atoms with Gasteiger partial charge in [0.05, 0.1) is 7.11 Å². The minimum Gasteiger partial charge on any atom is -0.464 e. The van der Waals surface area contributed by atoms with Gasteiger partial charge in [0, 0.05) is 6.20 Å². The number of carbonyl (C=O) groups is 1. The molecule has 0 bridgehead atoms. The molecule has 0 aliphatic heterocycles. The van der Waals surface area contributed by atoms with Crippen LogP contribution in [0.5, 0.6) is 0 Å². The Labute approximate surface area is 84.1 Å². The Balaban J connectivity index is 3.09. The Morgan fingerprint density at radius 2 is 2.36 bits per heavy atom. The Bertz CT molecular complexity index is 323. The number of carbonyl (C=O) groups excluding carboxylic acids is 1. The van der Waals surface area contributed by atoms with E-state index in [1.54, 1.807) is 6.20 Å². The lowest BCUT2D eigenvalue weighted by molar-refractivity contribution is 0.0592. The van der Waals surface area contributed by atoms with E-state index < -0.39 is 0 Å². The summed E-state index contributed by atoms with van der Waals surface area (Å²) in [5.74, 6) is -0.0290. The van der Waals surface area contributed by atoms with Crippen LogP contribution in [0.2, 0.25) is 0 Å². The summed E-state index contributed by atoms with van der Waals surface area (Å²) >= 11 is 0. The Morgan fingerprint density at radius 1 is 1.64 bits per heavy atom. The number of nitrogens with zero attached hydrogens (tertiary/aromatic N) is 1. The summed E-state index contributed by atoms with van der Waals surface area (Å²) < 4.78 is 4.67. The maximum Gasteiger partial charge on any atom is 0.356 e. The van der Waals surface area contributed by atoms with Gasteiger partial charge in [0.15, 0.2) is 5.69 Å². The fourth-order valence-corrected chi connectivity index (χ4v) is 1.30. The Morgan fingerprint density at radius 3 is 2.93 bits per heavy atom. The van der Waals surface area contributed by atoms with E-state index in [0.29, 0.717) is 11.6 Å². The van der Waals surface area contributed by atoms with E-state index in [1.807, 2.05) is 12.1 Å². The number of aromatic nitrogens is 1. The average Bonchev–Trinajstić information content (AvgIpc) is 2.27. The van der Waals surface area contributed by atoms with Crippen molar-refractivity contribution >= 4 is 5.97 Å². The molecule has 0 aromatic carbocycles. The maximum atomic E-state index is 11.4. The lowest BCUT2D eigenvalue weighted by atomic mass is 9.97. The molecule has 1 rings (SSSR count). The molecule has 0 aliphatic carbocycles. The number of esters is 1. The van der Waals surface area contributed by atoms with Gasteiger partial charge in [0.1, 0.15) is 0 Å². The van der Waals surface area contributed by atoms with E-state index in [1.165, 1.54) is 7.11 Å². The molecule has 0 aliphatic rings. The van der Waals surface area contributed by atoms with Gasteiger partial charge in [-0.3, -0.25) is 0 Å². The van der Waals surface area contributed by atoms with Crippen LogP contribution in [0.15, 0.2) is 18.3 Å². The van der Waals surface area contributed by atoms with Gasteiger partial charge in [-0.1, -0.05) is 19.9 Å². The quantitative estimate of drug-likeness (QED) is 0.692. The molecular weight excluding hydrogens is 178 g/mol. The zero-order valence-corrected chi connectivity index (χ0v) is 8.78. The van der Waals surface area contributed by atoms with Gasteiger partial charge in [0.2, 0.25) is 0 Å². The van der Waals surface area contributed by atoms with Crippen LogP contribution in [0, 0.1) is 0 Å². The first-order valence-corrected chi connectivity index (χ1v) is 4.74. The molecule has 0 saturated carbocycles. The Kier molecular flexibility index (Phi) is 3.63. The lowest BCUT2D eigenvalue weighted by Gasteiger charge is -2.11. The van der Waals surface area contributed by atoms with E-state index >= 15 is 0 Å². The van der Waals surface area contributed by atoms with Crippen LogP contribution in [0.3, 0.4) is 0 Å². The van der Waals surface area contributed by atoms with Gasteiger partial charge in [0.25, 0.3) is 0 Å². The molecule has 0 fully saturated rings. The zero-order chi connectivity index (χ0) is 10.6. The number of hydrogen-bond acceptors (Lipinski definition) is 3. The van der Waals surface area contributed by atoms with Crippen LogP contribution in [-0.2, 0) is 4.74 Å². The predicted molar refractivity (Wildman–Crippen MR) is 54.3 cm³/mol. The third-order valence-corrected chi connectivity index (χ3v) is 2.36. The smallest absolute Gasteiger partial charge is 0.356 e. The molecule has 0 saturated heterocycles. The molecule has 76 valence electrons. The summed E-state index contributed by atoms with van der Waals surface area (Å²) in [5.41, 5.74) is 1.39. The van der Waals surface area contributed by atoms with Crippen molar-refractivity contribution in [3.05, 3.63) is 29.6 Å². The predicted octanol–water partition coefficient (Wildman–Crippen LogP) is 2.38. The van der Waals surface area contributed by atoms with Crippen molar-refractivity contribution in [2.24, 2.45) is 0 Å². The molecule has 0 spiro atoms. The molecule has 1 aromatic rings. The molecule has 3 heteroatoms. The summed E-state index contributed by atoms with van der Waals surface area (Å²) in [7, 11) is 1.37. The minimum absolute atomic E-state index is 0.331. The largest absolute Gasteiger partial charge is 0.464 e. The summed E-state index contributed by atoms with van der Waals surface area (Å²) in [6, 6.07) is 3.77. The van der Waals surface area contributed by atoms with Crippen molar-refractivity contribution < 1.29 is 9.53 Å². The van der Waals surface area contributed by atoms with Gasteiger partial charge in [-0.05, 0) is 24.0 Å². The molecule has 1 atom stereocenters. The van der Waals surface area contributed by atoms with E-state index in [4.69, 9.17) is 0 Å². The fourth-order valence-electron chi connectivity index (χ4n) is 1.30. The second-order valence-electron chi connectivity index (χ2n) is 3.24. The first kappa shape index (κ1) is 10.7. The second kappa shape index (κ2) is 4.74. The first-order valence-electron chi connectivity index (χ1n) is 4.74. The molecular formula is C11H15NO2. The zero-order valence-electron chi connectivity index (χ0n) is 8.78. The molecule has 0 radical (unpaired) electrons. The van der Waals surface area contributed by atoms with E-state index in [0.717, 1.165) is 12.0 Å². The second-order valence-corrected chi connectivity index (χ2v) is 3.24. The van der Waals surface area contributed by atoms with E-state index in [9.17, 15) is 4.79 Å². The van der Waals surface area contributed by atoms with Crippen molar-refractivity contribution in [3.63, 3.8) is 0 Å². The molecule has 0 N–H and O–H groups in total. The van der Waals surface area contributed by atoms with Gasteiger partial charge >= 0.3 is 5.97 Å². The van der Waals surface area contributed by atoms with Gasteiger partial charge in [-0.2, -0.15) is 0 Å². The number of methoxy groups -OCH3 is 1. The number of pyridine rings is 1. The molecule has 14 heavy (non-hydrogen) atoms. The molecule has 1 heterocycles. The highest BCUT2D eigenvalue weighted by molar-refractivity contribution is 5.88. The first-order chi connectivity index (χ1) is 6.70. The van der Waals surface area contributed by atoms with Crippen LogP contribution < -0.4 is 0 Å². The van der Waals surface area contributed by atoms with Crippen LogP contribution >= 0.6 is 0 Å². The standard InChI is InChI=1S/C11H15NO2/c1-4-8(2)9-6-5-7-12-10(9)11(13)14-3/h5-8H,4H2,1-3H3. The third-order valence-electron chi connectivity index (χ3n) is 2.36. The summed E-state index contributed by atoms with van der Waals surface area (Å²) in [6.45, 7) is 4.15. The molecule has 1 aromatic heterocycles. The van der Waals surface area contributed by atoms with Crippen LogP contribution in [0.4, 0.5) is 0 Å². The van der Waals surface area contributed by atoms with Crippen LogP contribution in [0.1, 0.15) is 42.2 Å². The van der Waals surface area contributed by atoms with Crippen LogP contribution in [0.25, 0.3) is 0 Å². The fraction of sp³-hybridized carbons (Fsp3) is 0.455. The summed E-state index contributed by atoms with van der Waals surface area (Å²) in [5, 5.41) is 0. The summed E-state index contributed by atoms with van der Waals surface area (Å²) in [4.78, 5) is 15.4. The van der Waals surface area contributed by atoms with Gasteiger partial charge in [-0.15, -0.1) is 0 Å². The normalized spacial score (nSPS) is 12.2. The number of ether oxygens (including phenoxy) is 1. The highest BCUT2D eigenvalue weighted by Crippen LogP contribution is 2.21. The monoisotopic (exact) mass is 193 g/mol. The molecule has 0 amide bonds. The van der Waals surface area contributed by atoms with E-state index in [2.05, 4.69) is 23.6 Å². The van der Waals surface area contributed by atoms with Gasteiger partial charge in [-0.25, -0.2) is 9.78 Å². The third kappa shape index (κ3) is 2.10. The average molecular weight is 193 g/mol. The maximum absolute atomic E-state index is 11.4. The number of rotatable bonds is 3. The van der Waals surface area contributed by atoms with Crippen molar-refractivity contribution in [3.8, 4) is 0 Å². The van der Waals surface area contributed by atoms with E-state index in [-0.39, 0.29) is 5.97 Å². The minimum atomic E-state index is -0.360. The van der Waals surface area contributed by atoms with Crippen molar-refractivity contribution in [1.29, 1.82) is 0 Å². The SMILES string of the molecule is CCC(C)c1cccnc1C(=O)OC. The van der Waals surface area contributed by atoms with Crippen molar-refractivity contribution in [2.45, 2.75) is 26.2 Å². The van der Waals surface area contributed by atoms with Crippen LogP contribution in [-0.4, -0.2) is 18.1 Å². The van der Waals surface area contributed by atoms with Crippen molar-refractivity contribution in [1.82, 2.24) is 4.98 Å². The molecule has 3 nitrogen and oxygen atoms in total. The highest BCUT2D eigenvalue weighted by atomic mass is 16.5. The topological polar surface area (TPSA) is 39.2 Å². The molecule has 1 unspecified atom stereocenters.